The summed E-state index contributed by atoms with van der Waals surface area (Å²) in [6.07, 6.45) is 6.78. The van der Waals surface area contributed by atoms with Gasteiger partial charge in [-0.15, -0.1) is 0 Å². The van der Waals surface area contributed by atoms with Gasteiger partial charge in [0.1, 0.15) is 11.9 Å². The highest BCUT2D eigenvalue weighted by Gasteiger charge is 2.31. The Hall–Kier alpha value is -1.44. The Labute approximate surface area is 150 Å². The molecule has 2 aliphatic heterocycles. The van der Waals surface area contributed by atoms with Gasteiger partial charge in [0.2, 0.25) is 0 Å². The molecule has 2 saturated heterocycles. The predicted octanol–water partition coefficient (Wildman–Crippen LogP) is 0.529. The second-order valence-corrected chi connectivity index (χ2v) is 7.30. The number of rotatable bonds is 6. The molecule has 2 fully saturated rings. The van der Waals surface area contributed by atoms with Crippen LogP contribution in [0.2, 0.25) is 0 Å². The number of amides is 1. The molecule has 3 heterocycles. The number of likely N-dealkylation sites (tertiary alicyclic amines) is 1. The van der Waals surface area contributed by atoms with Gasteiger partial charge >= 0.3 is 0 Å². The lowest BCUT2D eigenvalue weighted by molar-refractivity contribution is -0.146. The lowest BCUT2D eigenvalue weighted by atomic mass is 9.95. The van der Waals surface area contributed by atoms with Crippen LogP contribution in [0.15, 0.2) is 12.4 Å². The molecule has 1 unspecified atom stereocenters. The first-order valence-corrected chi connectivity index (χ1v) is 9.42. The Morgan fingerprint density at radius 3 is 2.88 bits per heavy atom. The maximum Gasteiger partial charge on any atom is 0.253 e. The normalized spacial score (nSPS) is 22.5. The smallest absolute Gasteiger partial charge is 0.253 e. The molecule has 7 nitrogen and oxygen atoms in total. The van der Waals surface area contributed by atoms with Crippen LogP contribution >= 0.6 is 0 Å². The summed E-state index contributed by atoms with van der Waals surface area (Å²) in [5.41, 5.74) is 0. The number of aryl methyl sites for hydroxylation is 1. The lowest BCUT2D eigenvalue weighted by Crippen LogP contribution is -2.51. The van der Waals surface area contributed by atoms with E-state index in [1.165, 1.54) is 5.82 Å². The molecule has 0 spiro atoms. The lowest BCUT2D eigenvalue weighted by Gasteiger charge is -2.35. The van der Waals surface area contributed by atoms with Gasteiger partial charge in [0.15, 0.2) is 0 Å². The monoisotopic (exact) mass is 349 g/mol. The molecule has 2 aliphatic rings. The summed E-state index contributed by atoms with van der Waals surface area (Å²) in [6.45, 7) is 5.78. The molecule has 0 aromatic carbocycles. The second-order valence-electron chi connectivity index (χ2n) is 7.30. The van der Waals surface area contributed by atoms with Crippen molar-refractivity contribution in [3.8, 4) is 0 Å². The Morgan fingerprint density at radius 1 is 1.40 bits per heavy atom. The number of hydrogen-bond acceptors (Lipinski definition) is 5. The first-order valence-electron chi connectivity index (χ1n) is 9.42. The van der Waals surface area contributed by atoms with E-state index >= 15 is 0 Å². The number of ether oxygens (including phenoxy) is 1. The van der Waals surface area contributed by atoms with E-state index in [9.17, 15) is 4.79 Å². The molecule has 3 rings (SSSR count). The van der Waals surface area contributed by atoms with Crippen LogP contribution < -0.4 is 5.32 Å². The van der Waals surface area contributed by atoms with Crippen LogP contribution in [0.4, 0.5) is 0 Å². The van der Waals surface area contributed by atoms with Gasteiger partial charge in [-0.3, -0.25) is 4.79 Å². The summed E-state index contributed by atoms with van der Waals surface area (Å²) in [4.78, 5) is 21.3. The Balaban J connectivity index is 1.50. The third-order valence-corrected chi connectivity index (χ3v) is 5.13. The van der Waals surface area contributed by atoms with Crippen molar-refractivity contribution >= 4 is 5.91 Å². The van der Waals surface area contributed by atoms with E-state index in [0.717, 1.165) is 52.0 Å². The average molecular weight is 349 g/mol. The van der Waals surface area contributed by atoms with Gasteiger partial charge in [-0.1, -0.05) is 0 Å². The highest BCUT2D eigenvalue weighted by molar-refractivity contribution is 5.81. The first kappa shape index (κ1) is 18.4. The minimum Gasteiger partial charge on any atom is -0.366 e. The van der Waals surface area contributed by atoms with Gasteiger partial charge in [-0.05, 0) is 39.9 Å². The molecule has 1 aromatic rings. The fourth-order valence-corrected chi connectivity index (χ4v) is 3.71. The molecule has 1 atom stereocenters. The van der Waals surface area contributed by atoms with Gasteiger partial charge in [-0.2, -0.15) is 0 Å². The van der Waals surface area contributed by atoms with Crippen molar-refractivity contribution in [2.45, 2.75) is 37.8 Å². The number of hydrogen-bond donors (Lipinski definition) is 1. The fraction of sp³-hybridized carbons (Fsp3) is 0.778. The van der Waals surface area contributed by atoms with Crippen molar-refractivity contribution in [3.05, 3.63) is 18.2 Å². The number of imidazole rings is 1. The van der Waals surface area contributed by atoms with E-state index in [1.807, 2.05) is 11.1 Å². The molecular formula is C18H31N5O2. The molecule has 0 aliphatic carbocycles. The van der Waals surface area contributed by atoms with E-state index in [4.69, 9.17) is 4.74 Å². The fourth-order valence-electron chi connectivity index (χ4n) is 3.71. The number of morpholine rings is 1. The predicted molar refractivity (Wildman–Crippen MR) is 96.6 cm³/mol. The Bertz CT molecular complexity index is 545. The van der Waals surface area contributed by atoms with Gasteiger partial charge in [0.25, 0.3) is 5.91 Å². The van der Waals surface area contributed by atoms with Crippen LogP contribution in [0.5, 0.6) is 0 Å². The summed E-state index contributed by atoms with van der Waals surface area (Å²) >= 11 is 0. The van der Waals surface area contributed by atoms with Crippen LogP contribution in [-0.4, -0.2) is 84.8 Å². The highest BCUT2D eigenvalue weighted by atomic mass is 16.5. The topological polar surface area (TPSA) is 62.6 Å². The van der Waals surface area contributed by atoms with Crippen LogP contribution in [0.25, 0.3) is 0 Å². The van der Waals surface area contributed by atoms with Gasteiger partial charge in [0.05, 0.1) is 6.61 Å². The summed E-state index contributed by atoms with van der Waals surface area (Å²) < 4.78 is 7.89. The molecule has 25 heavy (non-hydrogen) atoms. The molecule has 0 bridgehead atoms. The van der Waals surface area contributed by atoms with E-state index in [1.54, 1.807) is 0 Å². The first-order chi connectivity index (χ1) is 12.1. The zero-order chi connectivity index (χ0) is 17.6. The van der Waals surface area contributed by atoms with E-state index in [-0.39, 0.29) is 12.0 Å². The molecule has 1 aromatic heterocycles. The van der Waals surface area contributed by atoms with Crippen molar-refractivity contribution < 1.29 is 9.53 Å². The Kier molecular flexibility index (Phi) is 6.45. The van der Waals surface area contributed by atoms with Crippen molar-refractivity contribution in [2.24, 2.45) is 0 Å². The average Bonchev–Trinajstić information content (AvgIpc) is 3.10. The minimum absolute atomic E-state index is 0.139. The maximum atomic E-state index is 12.6. The van der Waals surface area contributed by atoms with Crippen molar-refractivity contribution in [1.82, 2.24) is 24.7 Å². The molecule has 7 heteroatoms. The third kappa shape index (κ3) is 4.80. The number of carbonyl (C=O) groups excluding carboxylic acids is 1. The minimum atomic E-state index is -0.307. The number of nitrogens with one attached hydrogen (secondary N) is 1. The molecule has 1 N–H and O–H groups in total. The third-order valence-electron chi connectivity index (χ3n) is 5.13. The SMILES string of the molecule is CN(C)CCCn1ccnc1C1CCN(C(=O)C2CNCCO2)CC1. The van der Waals surface area contributed by atoms with Gasteiger partial charge in [-0.25, -0.2) is 4.98 Å². The molecule has 0 saturated carbocycles. The highest BCUT2D eigenvalue weighted by Crippen LogP contribution is 2.27. The van der Waals surface area contributed by atoms with Crippen molar-refractivity contribution in [2.75, 3.05) is 53.4 Å². The Morgan fingerprint density at radius 2 is 2.20 bits per heavy atom. The number of carbonyl (C=O) groups is 1. The van der Waals surface area contributed by atoms with Crippen molar-refractivity contribution in [3.63, 3.8) is 0 Å². The quantitative estimate of drug-likeness (QED) is 0.812. The molecule has 1 amide bonds. The van der Waals surface area contributed by atoms with E-state index in [0.29, 0.717) is 19.1 Å². The van der Waals surface area contributed by atoms with Crippen LogP contribution in [0, 0.1) is 0 Å². The number of piperidine rings is 1. The summed E-state index contributed by atoms with van der Waals surface area (Å²) in [7, 11) is 4.21. The van der Waals surface area contributed by atoms with Crippen LogP contribution in [0.1, 0.15) is 31.0 Å². The largest absolute Gasteiger partial charge is 0.366 e. The zero-order valence-corrected chi connectivity index (χ0v) is 15.5. The molecule has 0 radical (unpaired) electrons. The van der Waals surface area contributed by atoms with Gasteiger partial charge in [0, 0.05) is 51.0 Å². The molecule has 140 valence electrons. The van der Waals surface area contributed by atoms with Gasteiger partial charge < -0.3 is 24.4 Å². The second kappa shape index (κ2) is 8.78. The van der Waals surface area contributed by atoms with E-state index < -0.39 is 0 Å². The summed E-state index contributed by atoms with van der Waals surface area (Å²) in [6, 6.07) is 0. The maximum absolute atomic E-state index is 12.6. The zero-order valence-electron chi connectivity index (χ0n) is 15.5. The number of nitrogens with zero attached hydrogens (tertiary/aromatic N) is 4. The summed E-state index contributed by atoms with van der Waals surface area (Å²) in [5.74, 6) is 1.77. The summed E-state index contributed by atoms with van der Waals surface area (Å²) in [5, 5.41) is 3.23. The number of aromatic nitrogens is 2. The van der Waals surface area contributed by atoms with Crippen molar-refractivity contribution in [1.29, 1.82) is 0 Å². The van der Waals surface area contributed by atoms with Crippen LogP contribution in [0.3, 0.4) is 0 Å². The van der Waals surface area contributed by atoms with E-state index in [2.05, 4.69) is 40.1 Å². The van der Waals surface area contributed by atoms with Crippen LogP contribution in [-0.2, 0) is 16.1 Å². The standard InChI is InChI=1S/C18H31N5O2/c1-21(2)8-3-9-22-12-6-20-17(22)15-4-10-23(11-5-15)18(24)16-14-19-7-13-25-16/h6,12,15-16,19H,3-5,7-11,13-14H2,1-2H3. The molecular weight excluding hydrogens is 318 g/mol.